The van der Waals surface area contributed by atoms with E-state index >= 15 is 0 Å². The zero-order valence-electron chi connectivity index (χ0n) is 13.1. The van der Waals surface area contributed by atoms with Crippen molar-refractivity contribution < 1.29 is 13.3 Å². The summed E-state index contributed by atoms with van der Waals surface area (Å²) in [6.45, 7) is -2.68. The maximum atomic E-state index is 13.4. The Balaban J connectivity index is 1.55. The molecule has 5 nitrogen and oxygen atoms in total. The van der Waals surface area contributed by atoms with Crippen LogP contribution >= 0.6 is 23.4 Å². The average Bonchev–Trinajstić information content (AvgIpc) is 3.24. The third kappa shape index (κ3) is 3.30. The highest BCUT2D eigenvalue weighted by Crippen LogP contribution is 2.31. The van der Waals surface area contributed by atoms with Gasteiger partial charge in [-0.3, -0.25) is 4.57 Å². The maximum absolute atomic E-state index is 13.4. The molecule has 0 radical (unpaired) electrons. The van der Waals surface area contributed by atoms with Gasteiger partial charge in [-0.05, 0) is 36.4 Å². The van der Waals surface area contributed by atoms with Gasteiger partial charge in [0.2, 0.25) is 0 Å². The molecule has 0 aliphatic heterocycles. The first-order valence-corrected chi connectivity index (χ1v) is 8.94. The number of rotatable bonds is 5. The van der Waals surface area contributed by atoms with E-state index in [1.54, 1.807) is 48.5 Å². The van der Waals surface area contributed by atoms with E-state index in [9.17, 15) is 8.78 Å². The van der Waals surface area contributed by atoms with Crippen LogP contribution in [0.25, 0.3) is 22.5 Å². The van der Waals surface area contributed by atoms with Crippen LogP contribution in [0.15, 0.2) is 58.2 Å². The van der Waals surface area contributed by atoms with Gasteiger partial charge in [0.15, 0.2) is 11.0 Å². The van der Waals surface area contributed by atoms with Gasteiger partial charge in [0.1, 0.15) is 0 Å². The van der Waals surface area contributed by atoms with Crippen LogP contribution in [0.4, 0.5) is 8.78 Å². The molecule has 0 amide bonds. The summed E-state index contributed by atoms with van der Waals surface area (Å²) in [5.41, 5.74) is 1.64. The molecule has 0 unspecified atom stereocenters. The van der Waals surface area contributed by atoms with E-state index in [0.29, 0.717) is 27.8 Å². The lowest BCUT2D eigenvalue weighted by molar-refractivity contribution is 0.0656. The highest BCUT2D eigenvalue weighted by Gasteiger charge is 2.19. The molecular weight excluding hydrogens is 382 g/mol. The monoisotopic (exact) mass is 392 g/mol. The summed E-state index contributed by atoms with van der Waals surface area (Å²) in [6.07, 6.45) is 0. The van der Waals surface area contributed by atoms with E-state index in [0.717, 1.165) is 21.9 Å². The summed E-state index contributed by atoms with van der Waals surface area (Å²) in [4.78, 5) is 8.56. The van der Waals surface area contributed by atoms with Crippen molar-refractivity contribution in [3.05, 3.63) is 59.4 Å². The molecule has 9 heteroatoms. The van der Waals surface area contributed by atoms with E-state index < -0.39 is 6.55 Å². The van der Waals surface area contributed by atoms with Gasteiger partial charge in [-0.25, -0.2) is 4.98 Å². The molecule has 0 aliphatic carbocycles. The fraction of sp³-hybridized carbons (Fsp3) is 0.118. The molecule has 0 aliphatic rings. The quantitative estimate of drug-likeness (QED) is 0.424. The van der Waals surface area contributed by atoms with Crippen molar-refractivity contribution in [1.82, 2.24) is 19.7 Å². The van der Waals surface area contributed by atoms with Gasteiger partial charge in [0.25, 0.3) is 5.89 Å². The molecule has 0 spiro atoms. The zero-order valence-corrected chi connectivity index (χ0v) is 14.7. The third-order valence-corrected chi connectivity index (χ3v) is 4.85. The minimum absolute atomic E-state index is 0.207. The molecule has 4 rings (SSSR count). The summed E-state index contributed by atoms with van der Waals surface area (Å²) in [5, 5.41) is 4.71. The van der Waals surface area contributed by atoms with Crippen LogP contribution < -0.4 is 0 Å². The van der Waals surface area contributed by atoms with E-state index in [1.165, 1.54) is 0 Å². The molecule has 0 saturated heterocycles. The van der Waals surface area contributed by atoms with Crippen LogP contribution in [0, 0.1) is 0 Å². The molecule has 132 valence electrons. The van der Waals surface area contributed by atoms with Gasteiger partial charge in [-0.1, -0.05) is 40.7 Å². The van der Waals surface area contributed by atoms with Crippen LogP contribution in [-0.4, -0.2) is 19.7 Å². The summed E-state index contributed by atoms with van der Waals surface area (Å²) < 4.78 is 33.0. The zero-order chi connectivity index (χ0) is 18.1. The Kier molecular flexibility index (Phi) is 4.60. The second-order valence-electron chi connectivity index (χ2n) is 5.34. The van der Waals surface area contributed by atoms with Gasteiger partial charge < -0.3 is 4.52 Å². The Bertz CT molecular complexity index is 1050. The topological polar surface area (TPSA) is 56.7 Å². The molecule has 0 fully saturated rings. The maximum Gasteiger partial charge on any atom is 0.321 e. The van der Waals surface area contributed by atoms with Gasteiger partial charge in [0, 0.05) is 10.6 Å². The Morgan fingerprint density at radius 2 is 1.85 bits per heavy atom. The van der Waals surface area contributed by atoms with Crippen molar-refractivity contribution in [2.75, 3.05) is 0 Å². The minimum Gasteiger partial charge on any atom is -0.334 e. The average molecular weight is 393 g/mol. The molecule has 4 aromatic rings. The third-order valence-electron chi connectivity index (χ3n) is 3.65. The Hall–Kier alpha value is -2.45. The number of nitrogens with zero attached hydrogens (tertiary/aromatic N) is 4. The van der Waals surface area contributed by atoms with Crippen molar-refractivity contribution in [2.45, 2.75) is 17.5 Å². The molecule has 0 atom stereocenters. The van der Waals surface area contributed by atoms with Crippen LogP contribution in [0.2, 0.25) is 5.02 Å². The van der Waals surface area contributed by atoms with Crippen molar-refractivity contribution >= 4 is 34.4 Å². The van der Waals surface area contributed by atoms with Crippen molar-refractivity contribution in [3.63, 3.8) is 0 Å². The fourth-order valence-electron chi connectivity index (χ4n) is 2.46. The minimum atomic E-state index is -2.68. The predicted molar refractivity (Wildman–Crippen MR) is 95.3 cm³/mol. The molecule has 0 saturated carbocycles. The molecular formula is C17H11ClF2N4OS. The lowest BCUT2D eigenvalue weighted by Crippen LogP contribution is -2.00. The number of imidazole rings is 1. The first-order chi connectivity index (χ1) is 12.6. The van der Waals surface area contributed by atoms with Gasteiger partial charge >= 0.3 is 6.55 Å². The number of aromatic nitrogens is 4. The van der Waals surface area contributed by atoms with E-state index in [1.807, 2.05) is 0 Å². The number of hydrogen-bond acceptors (Lipinski definition) is 5. The first kappa shape index (κ1) is 17.0. The normalized spacial score (nSPS) is 11.5. The first-order valence-electron chi connectivity index (χ1n) is 7.58. The number of fused-ring (bicyclic) bond motifs is 1. The molecule has 2 aromatic heterocycles. The lowest BCUT2D eigenvalue weighted by atomic mass is 10.2. The number of alkyl halides is 2. The predicted octanol–water partition coefficient (Wildman–Crippen LogP) is 5.43. The van der Waals surface area contributed by atoms with Crippen molar-refractivity contribution in [1.29, 1.82) is 0 Å². The Labute approximate surface area is 156 Å². The van der Waals surface area contributed by atoms with E-state index in [4.69, 9.17) is 16.1 Å². The van der Waals surface area contributed by atoms with Gasteiger partial charge in [-0.2, -0.15) is 13.8 Å². The van der Waals surface area contributed by atoms with Crippen molar-refractivity contribution in [3.8, 4) is 11.5 Å². The molecule has 2 heterocycles. The largest absolute Gasteiger partial charge is 0.334 e. The van der Waals surface area contributed by atoms with Crippen LogP contribution in [-0.2, 0) is 5.75 Å². The summed E-state index contributed by atoms with van der Waals surface area (Å²) in [7, 11) is 0. The number of halogens is 3. The van der Waals surface area contributed by atoms with Crippen LogP contribution in [0.1, 0.15) is 12.4 Å². The van der Waals surface area contributed by atoms with Crippen molar-refractivity contribution in [2.24, 2.45) is 0 Å². The second-order valence-corrected chi connectivity index (χ2v) is 6.72. The molecule has 0 bridgehead atoms. The van der Waals surface area contributed by atoms with Gasteiger partial charge in [0.05, 0.1) is 16.8 Å². The van der Waals surface area contributed by atoms with Crippen LogP contribution in [0.5, 0.6) is 0 Å². The highest BCUT2D eigenvalue weighted by molar-refractivity contribution is 7.98. The Morgan fingerprint density at radius 3 is 2.62 bits per heavy atom. The number of benzene rings is 2. The smallest absolute Gasteiger partial charge is 0.321 e. The van der Waals surface area contributed by atoms with Gasteiger partial charge in [-0.15, -0.1) is 0 Å². The SMILES string of the molecule is FC(F)n1c(SCc2noc(-c3ccc(Cl)cc3)n2)nc2ccccc21. The second kappa shape index (κ2) is 7.05. The standard InChI is InChI=1S/C17H11ClF2N4OS/c18-11-7-5-10(6-8-11)15-22-14(23-25-15)9-26-17-21-12-3-1-2-4-13(12)24(17)16(19)20/h1-8,16H,9H2. The van der Waals surface area contributed by atoms with E-state index in [2.05, 4.69) is 15.1 Å². The summed E-state index contributed by atoms with van der Waals surface area (Å²) >= 11 is 6.99. The summed E-state index contributed by atoms with van der Waals surface area (Å²) in [6, 6.07) is 13.8. The van der Waals surface area contributed by atoms with E-state index in [-0.39, 0.29) is 10.9 Å². The number of para-hydroxylation sites is 2. The number of hydrogen-bond donors (Lipinski definition) is 0. The summed E-state index contributed by atoms with van der Waals surface area (Å²) in [5.74, 6) is 1.00. The number of thioether (sulfide) groups is 1. The molecule has 2 aromatic carbocycles. The highest BCUT2D eigenvalue weighted by atomic mass is 35.5. The van der Waals surface area contributed by atoms with Crippen LogP contribution in [0.3, 0.4) is 0 Å². The molecule has 26 heavy (non-hydrogen) atoms. The lowest BCUT2D eigenvalue weighted by Gasteiger charge is -2.05. The molecule has 0 N–H and O–H groups in total. The fourth-order valence-corrected chi connectivity index (χ4v) is 3.45. The Morgan fingerprint density at radius 1 is 1.08 bits per heavy atom.